The van der Waals surface area contributed by atoms with Crippen molar-refractivity contribution in [1.82, 2.24) is 19.2 Å². The summed E-state index contributed by atoms with van der Waals surface area (Å²) in [5.41, 5.74) is 1.36. The molecule has 0 amide bonds. The third-order valence-electron chi connectivity index (χ3n) is 5.17. The largest absolute Gasteiger partial charge is 0.496 e. The number of hydrogen-bond donors (Lipinski definition) is 0. The standard InChI is InChI=1S/C21H27FN4O3/c1-29-19-7-3-2-6-18(19)17-8-13-24(14-9-17)11-4-5-12-26-21(28)25(15-10-22)20(27)16-23-26/h2-3,6-8,16H,4-5,9-15H2,1H3. The third kappa shape index (κ3) is 5.20. The fraction of sp³-hybridized carbons (Fsp3) is 0.476. The van der Waals surface area contributed by atoms with E-state index in [0.29, 0.717) is 6.54 Å². The number of hydrogen-bond acceptors (Lipinski definition) is 5. The molecule has 0 bridgehead atoms. The van der Waals surface area contributed by atoms with Crippen LogP contribution >= 0.6 is 0 Å². The number of ether oxygens (including phenoxy) is 1. The highest BCUT2D eigenvalue weighted by Gasteiger charge is 2.15. The summed E-state index contributed by atoms with van der Waals surface area (Å²) in [7, 11) is 1.69. The van der Waals surface area contributed by atoms with E-state index in [4.69, 9.17) is 4.74 Å². The van der Waals surface area contributed by atoms with Gasteiger partial charge in [-0.15, -0.1) is 0 Å². The Morgan fingerprint density at radius 2 is 1.93 bits per heavy atom. The summed E-state index contributed by atoms with van der Waals surface area (Å²) in [5.74, 6) is 0.902. The molecule has 2 heterocycles. The molecule has 0 spiro atoms. The molecule has 0 atom stereocenters. The molecule has 0 N–H and O–H groups in total. The van der Waals surface area contributed by atoms with Crippen LogP contribution in [-0.2, 0) is 13.1 Å². The first-order valence-electron chi connectivity index (χ1n) is 9.91. The maximum absolute atomic E-state index is 12.5. The Bertz CT molecular complexity index is 967. The highest BCUT2D eigenvalue weighted by Crippen LogP contribution is 2.29. The first kappa shape index (κ1) is 21.0. The predicted octanol–water partition coefficient (Wildman–Crippen LogP) is 1.95. The van der Waals surface area contributed by atoms with Gasteiger partial charge in [0, 0.05) is 25.2 Å². The van der Waals surface area contributed by atoms with Gasteiger partial charge in [-0.05, 0) is 37.4 Å². The number of benzene rings is 1. The average Bonchev–Trinajstić information content (AvgIpc) is 2.76. The first-order valence-corrected chi connectivity index (χ1v) is 9.91. The lowest BCUT2D eigenvalue weighted by molar-refractivity contribution is 0.290. The van der Waals surface area contributed by atoms with Crippen LogP contribution in [0.25, 0.3) is 5.57 Å². The van der Waals surface area contributed by atoms with E-state index in [0.717, 1.165) is 61.0 Å². The second-order valence-corrected chi connectivity index (χ2v) is 7.02. The van der Waals surface area contributed by atoms with Crippen molar-refractivity contribution in [2.24, 2.45) is 0 Å². The topological polar surface area (TPSA) is 69.4 Å². The van der Waals surface area contributed by atoms with Gasteiger partial charge in [-0.1, -0.05) is 24.3 Å². The van der Waals surface area contributed by atoms with E-state index in [1.807, 2.05) is 18.2 Å². The zero-order valence-electron chi connectivity index (χ0n) is 16.7. The van der Waals surface area contributed by atoms with Crippen LogP contribution in [0.15, 0.2) is 46.1 Å². The van der Waals surface area contributed by atoms with Gasteiger partial charge in [0.05, 0.1) is 13.7 Å². The molecule has 29 heavy (non-hydrogen) atoms. The summed E-state index contributed by atoms with van der Waals surface area (Å²) < 4.78 is 20.1. The second-order valence-electron chi connectivity index (χ2n) is 7.02. The molecule has 8 heteroatoms. The van der Waals surface area contributed by atoms with Crippen molar-refractivity contribution in [2.45, 2.75) is 32.4 Å². The average molecular weight is 402 g/mol. The van der Waals surface area contributed by atoms with Crippen molar-refractivity contribution in [3.8, 4) is 5.75 Å². The molecule has 1 aromatic carbocycles. The van der Waals surface area contributed by atoms with Gasteiger partial charge < -0.3 is 4.74 Å². The molecule has 0 saturated heterocycles. The number of halogens is 1. The van der Waals surface area contributed by atoms with Gasteiger partial charge in [0.2, 0.25) is 0 Å². The molecule has 1 aliphatic rings. The number of rotatable bonds is 9. The summed E-state index contributed by atoms with van der Waals surface area (Å²) in [4.78, 5) is 26.1. The van der Waals surface area contributed by atoms with Crippen molar-refractivity contribution < 1.29 is 9.13 Å². The van der Waals surface area contributed by atoms with E-state index in [1.165, 1.54) is 10.3 Å². The quantitative estimate of drug-likeness (QED) is 0.600. The van der Waals surface area contributed by atoms with Crippen LogP contribution in [0.5, 0.6) is 5.75 Å². The lowest BCUT2D eigenvalue weighted by atomic mass is 9.98. The highest BCUT2D eigenvalue weighted by atomic mass is 19.1. The van der Waals surface area contributed by atoms with E-state index in [9.17, 15) is 14.0 Å². The number of unbranched alkanes of at least 4 members (excludes halogenated alkanes) is 1. The van der Waals surface area contributed by atoms with E-state index >= 15 is 0 Å². The van der Waals surface area contributed by atoms with Gasteiger partial charge in [0.1, 0.15) is 18.6 Å². The number of aromatic nitrogens is 3. The minimum atomic E-state index is -0.752. The lowest BCUT2D eigenvalue weighted by Crippen LogP contribution is -2.41. The Kier molecular flexibility index (Phi) is 7.35. The summed E-state index contributed by atoms with van der Waals surface area (Å²) >= 11 is 0. The molecule has 0 saturated carbocycles. The monoisotopic (exact) mass is 402 g/mol. The number of aryl methyl sites for hydroxylation is 1. The minimum Gasteiger partial charge on any atom is -0.496 e. The Labute approximate surface area is 169 Å². The van der Waals surface area contributed by atoms with Crippen molar-refractivity contribution in [1.29, 1.82) is 0 Å². The molecule has 1 aromatic heterocycles. The third-order valence-corrected chi connectivity index (χ3v) is 5.17. The Morgan fingerprint density at radius 3 is 2.66 bits per heavy atom. The van der Waals surface area contributed by atoms with Crippen LogP contribution in [0.2, 0.25) is 0 Å². The molecule has 3 rings (SSSR count). The van der Waals surface area contributed by atoms with E-state index in [2.05, 4.69) is 22.1 Å². The van der Waals surface area contributed by atoms with Gasteiger partial charge in [-0.2, -0.15) is 5.10 Å². The summed E-state index contributed by atoms with van der Waals surface area (Å²) in [6.45, 7) is 2.22. The first-order chi connectivity index (χ1) is 14.1. The molecular weight excluding hydrogens is 375 g/mol. The van der Waals surface area contributed by atoms with Crippen LogP contribution in [0.4, 0.5) is 4.39 Å². The van der Waals surface area contributed by atoms with Gasteiger partial charge >= 0.3 is 5.69 Å². The number of methoxy groups -OCH3 is 1. The maximum atomic E-state index is 12.5. The van der Waals surface area contributed by atoms with E-state index in [1.54, 1.807) is 7.11 Å². The van der Waals surface area contributed by atoms with Crippen LogP contribution < -0.4 is 16.0 Å². The van der Waals surface area contributed by atoms with Gasteiger partial charge in [0.15, 0.2) is 0 Å². The zero-order chi connectivity index (χ0) is 20.6. The Morgan fingerprint density at radius 1 is 1.14 bits per heavy atom. The molecule has 2 aromatic rings. The number of alkyl halides is 1. The van der Waals surface area contributed by atoms with E-state index < -0.39 is 17.9 Å². The van der Waals surface area contributed by atoms with Gasteiger partial charge in [-0.25, -0.2) is 13.9 Å². The lowest BCUT2D eigenvalue weighted by Gasteiger charge is -2.27. The van der Waals surface area contributed by atoms with Crippen LogP contribution in [0.1, 0.15) is 24.8 Å². The molecule has 0 aliphatic carbocycles. The molecule has 0 fully saturated rings. The van der Waals surface area contributed by atoms with Crippen molar-refractivity contribution in [3.05, 3.63) is 62.9 Å². The van der Waals surface area contributed by atoms with Crippen LogP contribution in [-0.4, -0.2) is 52.7 Å². The molecule has 1 aliphatic heterocycles. The van der Waals surface area contributed by atoms with Crippen LogP contribution in [0.3, 0.4) is 0 Å². The van der Waals surface area contributed by atoms with Crippen molar-refractivity contribution in [3.63, 3.8) is 0 Å². The van der Waals surface area contributed by atoms with Gasteiger partial charge in [0.25, 0.3) is 5.56 Å². The van der Waals surface area contributed by atoms with E-state index in [-0.39, 0.29) is 6.54 Å². The van der Waals surface area contributed by atoms with Crippen molar-refractivity contribution >= 4 is 5.57 Å². The molecule has 0 unspecified atom stereocenters. The zero-order valence-corrected chi connectivity index (χ0v) is 16.7. The Balaban J connectivity index is 1.49. The predicted molar refractivity (Wildman–Crippen MR) is 110 cm³/mol. The minimum absolute atomic E-state index is 0.227. The molecule has 0 radical (unpaired) electrons. The number of nitrogens with zero attached hydrogens (tertiary/aromatic N) is 4. The van der Waals surface area contributed by atoms with Gasteiger partial charge in [-0.3, -0.25) is 14.3 Å². The summed E-state index contributed by atoms with van der Waals surface area (Å²) in [6, 6.07) is 8.07. The molecule has 7 nitrogen and oxygen atoms in total. The number of para-hydroxylation sites is 1. The maximum Gasteiger partial charge on any atom is 0.347 e. The summed E-state index contributed by atoms with van der Waals surface area (Å²) in [5, 5.41) is 3.88. The second kappa shape index (κ2) is 10.2. The summed E-state index contributed by atoms with van der Waals surface area (Å²) in [6.07, 6.45) is 5.97. The highest BCUT2D eigenvalue weighted by molar-refractivity contribution is 5.71. The molecule has 156 valence electrons. The Hall–Kier alpha value is -2.74. The SMILES string of the molecule is COc1ccccc1C1=CCN(CCCCn2ncc(=O)n(CCF)c2=O)CC1. The molecular formula is C21H27FN4O3. The fourth-order valence-corrected chi connectivity index (χ4v) is 3.58. The normalized spacial score (nSPS) is 14.6. The fourth-order valence-electron chi connectivity index (χ4n) is 3.58. The van der Waals surface area contributed by atoms with Crippen molar-refractivity contribution in [2.75, 3.05) is 33.4 Å². The van der Waals surface area contributed by atoms with Crippen LogP contribution in [0, 0.1) is 0 Å². The smallest absolute Gasteiger partial charge is 0.347 e.